The van der Waals surface area contributed by atoms with Crippen molar-refractivity contribution in [1.82, 2.24) is 4.73 Å². The molecule has 7 heteroatoms. The van der Waals surface area contributed by atoms with Crippen molar-refractivity contribution in [2.75, 3.05) is 6.61 Å². The fourth-order valence-corrected chi connectivity index (χ4v) is 0.692. The van der Waals surface area contributed by atoms with Gasteiger partial charge in [-0.05, 0) is 0 Å². The number of carbonyl (C=O) groups is 1. The molecule has 72 valence electrons. The van der Waals surface area contributed by atoms with Crippen molar-refractivity contribution in [1.29, 1.82) is 0 Å². The minimum absolute atomic E-state index is 0.400. The second-order valence-corrected chi connectivity index (χ2v) is 2.12. The average molecular weight is 188 g/mol. The van der Waals surface area contributed by atoms with Crippen LogP contribution in [0.3, 0.4) is 0 Å². The molecule has 7 nitrogen and oxygen atoms in total. The first-order valence-corrected chi connectivity index (χ1v) is 3.27. The standard InChI is InChI=1S/C6H8N2O5/c7-12-3-6(11)13-8-4(9)1-2-5(8)10/h1-2,9-10H,3,7H2. The topological polar surface area (TPSA) is 107 Å². The number of hydrogen-bond acceptors (Lipinski definition) is 6. The minimum Gasteiger partial charge on any atom is -0.492 e. The predicted molar refractivity (Wildman–Crippen MR) is 39.5 cm³/mol. The third-order valence-corrected chi connectivity index (χ3v) is 1.19. The Kier molecular flexibility index (Phi) is 2.72. The van der Waals surface area contributed by atoms with Crippen LogP contribution in [0.15, 0.2) is 12.1 Å². The van der Waals surface area contributed by atoms with Gasteiger partial charge >= 0.3 is 5.97 Å². The van der Waals surface area contributed by atoms with Gasteiger partial charge in [0.05, 0.1) is 0 Å². The Hall–Kier alpha value is -1.73. The van der Waals surface area contributed by atoms with Crippen molar-refractivity contribution in [2.24, 2.45) is 5.90 Å². The lowest BCUT2D eigenvalue weighted by Crippen LogP contribution is -2.24. The molecule has 0 aliphatic heterocycles. The smallest absolute Gasteiger partial charge is 0.360 e. The van der Waals surface area contributed by atoms with Gasteiger partial charge in [0.2, 0.25) is 11.8 Å². The molecule has 0 fully saturated rings. The molecular weight excluding hydrogens is 180 g/mol. The highest BCUT2D eigenvalue weighted by molar-refractivity contribution is 5.71. The molecule has 0 amide bonds. The van der Waals surface area contributed by atoms with Gasteiger partial charge in [-0.1, -0.05) is 0 Å². The van der Waals surface area contributed by atoms with Gasteiger partial charge in [0.15, 0.2) is 6.61 Å². The number of nitrogens with zero attached hydrogens (tertiary/aromatic N) is 1. The molecular formula is C6H8N2O5. The summed E-state index contributed by atoms with van der Waals surface area (Å²) < 4.78 is 0.543. The Balaban J connectivity index is 2.68. The molecule has 0 radical (unpaired) electrons. The van der Waals surface area contributed by atoms with Crippen LogP contribution in [0.25, 0.3) is 0 Å². The van der Waals surface area contributed by atoms with Crippen molar-refractivity contribution in [3.05, 3.63) is 12.1 Å². The van der Waals surface area contributed by atoms with E-state index in [2.05, 4.69) is 15.6 Å². The summed E-state index contributed by atoms with van der Waals surface area (Å²) in [7, 11) is 0. The maximum Gasteiger partial charge on any atom is 0.360 e. The normalized spacial score (nSPS) is 9.92. The van der Waals surface area contributed by atoms with E-state index < -0.39 is 24.3 Å². The first-order valence-electron chi connectivity index (χ1n) is 3.27. The number of carbonyl (C=O) groups excluding carboxylic acids is 1. The minimum atomic E-state index is -0.843. The van der Waals surface area contributed by atoms with Crippen LogP contribution >= 0.6 is 0 Å². The lowest BCUT2D eigenvalue weighted by atomic mass is 10.6. The summed E-state index contributed by atoms with van der Waals surface area (Å²) in [5.74, 6) is 2.96. The highest BCUT2D eigenvalue weighted by Gasteiger charge is 2.11. The van der Waals surface area contributed by atoms with Crippen LogP contribution in [0.5, 0.6) is 11.8 Å². The molecule has 0 aliphatic carbocycles. The summed E-state index contributed by atoms with van der Waals surface area (Å²) in [4.78, 5) is 19.2. The Morgan fingerprint density at radius 1 is 1.46 bits per heavy atom. The van der Waals surface area contributed by atoms with Crippen LogP contribution in [-0.4, -0.2) is 27.5 Å². The van der Waals surface area contributed by atoms with Crippen LogP contribution < -0.4 is 10.7 Å². The Labute approximate surface area is 72.8 Å². The van der Waals surface area contributed by atoms with E-state index in [1.807, 2.05) is 0 Å². The third-order valence-electron chi connectivity index (χ3n) is 1.19. The van der Waals surface area contributed by atoms with Crippen molar-refractivity contribution in [2.45, 2.75) is 0 Å². The van der Waals surface area contributed by atoms with Gasteiger partial charge in [-0.25, -0.2) is 10.7 Å². The quantitative estimate of drug-likeness (QED) is 0.511. The monoisotopic (exact) mass is 188 g/mol. The summed E-state index contributed by atoms with van der Waals surface area (Å²) in [6.07, 6.45) is 0. The highest BCUT2D eigenvalue weighted by atomic mass is 16.7. The fraction of sp³-hybridized carbons (Fsp3) is 0.167. The van der Waals surface area contributed by atoms with Gasteiger partial charge in [-0.3, -0.25) is 4.84 Å². The van der Waals surface area contributed by atoms with Gasteiger partial charge in [0.1, 0.15) is 0 Å². The zero-order valence-corrected chi connectivity index (χ0v) is 6.51. The average Bonchev–Trinajstić information content (AvgIpc) is 2.36. The van der Waals surface area contributed by atoms with Gasteiger partial charge in [0, 0.05) is 12.1 Å². The first kappa shape index (κ1) is 9.36. The zero-order chi connectivity index (χ0) is 9.84. The van der Waals surface area contributed by atoms with E-state index in [4.69, 9.17) is 10.2 Å². The maximum absolute atomic E-state index is 10.7. The second kappa shape index (κ2) is 3.78. The molecule has 1 heterocycles. The first-order chi connectivity index (χ1) is 6.15. The molecule has 0 aromatic carbocycles. The molecule has 4 N–H and O–H groups in total. The second-order valence-electron chi connectivity index (χ2n) is 2.12. The summed E-state index contributed by atoms with van der Waals surface area (Å²) in [6.45, 7) is -0.475. The number of rotatable bonds is 3. The summed E-state index contributed by atoms with van der Waals surface area (Å²) >= 11 is 0. The lowest BCUT2D eigenvalue weighted by molar-refractivity contribution is -0.150. The fourth-order valence-electron chi connectivity index (χ4n) is 0.692. The van der Waals surface area contributed by atoms with E-state index in [1.165, 1.54) is 0 Å². The number of aromatic hydroxyl groups is 2. The summed E-state index contributed by atoms with van der Waals surface area (Å²) in [5, 5.41) is 18.0. The molecule has 1 rings (SSSR count). The molecule has 0 saturated carbocycles. The summed E-state index contributed by atoms with van der Waals surface area (Å²) in [6, 6.07) is 2.32. The van der Waals surface area contributed by atoms with Crippen LogP contribution in [0.1, 0.15) is 0 Å². The molecule has 0 saturated heterocycles. The van der Waals surface area contributed by atoms with E-state index in [1.54, 1.807) is 0 Å². The molecule has 0 aliphatic rings. The number of hydrogen-bond donors (Lipinski definition) is 3. The Bertz CT molecular complexity index is 288. The largest absolute Gasteiger partial charge is 0.492 e. The molecule has 1 aromatic heterocycles. The van der Waals surface area contributed by atoms with E-state index in [0.29, 0.717) is 4.73 Å². The van der Waals surface area contributed by atoms with Crippen LogP contribution in [0, 0.1) is 0 Å². The maximum atomic E-state index is 10.7. The zero-order valence-electron chi connectivity index (χ0n) is 6.51. The van der Waals surface area contributed by atoms with E-state index in [-0.39, 0.29) is 0 Å². The SMILES string of the molecule is NOCC(=O)On1c(O)ccc1O. The molecule has 0 unspecified atom stereocenters. The lowest BCUT2D eigenvalue weighted by Gasteiger charge is -2.05. The molecule has 0 atom stereocenters. The third kappa shape index (κ3) is 2.10. The van der Waals surface area contributed by atoms with Crippen LogP contribution in [0.4, 0.5) is 0 Å². The van der Waals surface area contributed by atoms with Crippen molar-refractivity contribution in [3.8, 4) is 11.8 Å². The number of aromatic nitrogens is 1. The predicted octanol–water partition coefficient (Wildman–Crippen LogP) is -1.26. The highest BCUT2D eigenvalue weighted by Crippen LogP contribution is 2.18. The summed E-state index contributed by atoms with van der Waals surface area (Å²) in [5.41, 5.74) is 0. The molecule has 13 heavy (non-hydrogen) atoms. The van der Waals surface area contributed by atoms with Crippen LogP contribution in [-0.2, 0) is 9.63 Å². The Morgan fingerprint density at radius 3 is 2.46 bits per heavy atom. The van der Waals surface area contributed by atoms with Gasteiger partial charge in [-0.2, -0.15) is 0 Å². The van der Waals surface area contributed by atoms with Crippen molar-refractivity contribution < 1.29 is 24.7 Å². The Morgan fingerprint density at radius 2 is 2.00 bits per heavy atom. The van der Waals surface area contributed by atoms with Crippen LogP contribution in [0.2, 0.25) is 0 Å². The van der Waals surface area contributed by atoms with Crippen molar-refractivity contribution >= 4 is 5.97 Å². The molecule has 1 aromatic rings. The van der Waals surface area contributed by atoms with E-state index in [0.717, 1.165) is 12.1 Å². The van der Waals surface area contributed by atoms with Gasteiger partial charge < -0.3 is 15.1 Å². The van der Waals surface area contributed by atoms with Gasteiger partial charge in [0.25, 0.3) is 0 Å². The van der Waals surface area contributed by atoms with Gasteiger partial charge in [-0.15, -0.1) is 4.73 Å². The molecule has 0 bridgehead atoms. The van der Waals surface area contributed by atoms with E-state index in [9.17, 15) is 4.79 Å². The van der Waals surface area contributed by atoms with E-state index >= 15 is 0 Å². The van der Waals surface area contributed by atoms with Crippen molar-refractivity contribution in [3.63, 3.8) is 0 Å². The number of nitrogens with two attached hydrogens (primary N) is 1. The molecule has 0 spiro atoms.